The lowest BCUT2D eigenvalue weighted by molar-refractivity contribution is 0.582. The molecule has 1 atom stereocenters. The van der Waals surface area contributed by atoms with Crippen molar-refractivity contribution >= 4 is 27.3 Å². The second-order valence-corrected chi connectivity index (χ2v) is 6.83. The molecule has 0 amide bonds. The molecule has 1 aliphatic heterocycles. The summed E-state index contributed by atoms with van der Waals surface area (Å²) < 4.78 is 26.6. The number of benzene rings is 1. The zero-order valence-electron chi connectivity index (χ0n) is 10.2. The minimum Gasteiger partial charge on any atom is -0.313 e. The van der Waals surface area contributed by atoms with Crippen LogP contribution in [-0.4, -0.2) is 26.8 Å². The predicted octanol–water partition coefficient (Wildman–Crippen LogP) is 2.14. The van der Waals surface area contributed by atoms with Gasteiger partial charge in [0.05, 0.1) is 16.5 Å². The lowest BCUT2D eigenvalue weighted by atomic mass is 10.2. The smallest absolute Gasteiger partial charge is 0.234 e. The number of anilines is 1. The molecule has 0 aliphatic carbocycles. The van der Waals surface area contributed by atoms with Gasteiger partial charge >= 0.3 is 0 Å². The van der Waals surface area contributed by atoms with Gasteiger partial charge in [0, 0.05) is 6.04 Å². The van der Waals surface area contributed by atoms with Crippen LogP contribution in [0.2, 0.25) is 5.02 Å². The number of sulfonamides is 1. The van der Waals surface area contributed by atoms with Crippen LogP contribution in [-0.2, 0) is 10.0 Å². The van der Waals surface area contributed by atoms with Gasteiger partial charge in [0.25, 0.3) is 0 Å². The van der Waals surface area contributed by atoms with E-state index in [9.17, 15) is 8.42 Å². The van der Waals surface area contributed by atoms with E-state index in [2.05, 4.69) is 10.0 Å². The summed E-state index contributed by atoms with van der Waals surface area (Å²) in [5.74, 6) is 0.0945. The van der Waals surface area contributed by atoms with E-state index in [0.29, 0.717) is 10.7 Å². The zero-order valence-corrected chi connectivity index (χ0v) is 11.8. The van der Waals surface area contributed by atoms with E-state index >= 15 is 0 Å². The highest BCUT2D eigenvalue weighted by Gasteiger charge is 2.22. The molecule has 6 heteroatoms. The molecule has 100 valence electrons. The Bertz CT molecular complexity index is 525. The van der Waals surface area contributed by atoms with Crippen molar-refractivity contribution in [2.45, 2.75) is 25.8 Å². The molecule has 0 radical (unpaired) electrons. The average molecular weight is 289 g/mol. The molecule has 4 nitrogen and oxygen atoms in total. The van der Waals surface area contributed by atoms with E-state index in [-0.39, 0.29) is 11.8 Å². The van der Waals surface area contributed by atoms with Gasteiger partial charge in [0.2, 0.25) is 10.0 Å². The van der Waals surface area contributed by atoms with Crippen molar-refractivity contribution in [1.82, 2.24) is 5.32 Å². The fourth-order valence-electron chi connectivity index (χ4n) is 2.09. The molecule has 2 N–H and O–H groups in total. The van der Waals surface area contributed by atoms with E-state index in [1.807, 2.05) is 13.0 Å². The number of nitrogens with one attached hydrogen (secondary N) is 2. The number of halogens is 1. The van der Waals surface area contributed by atoms with Gasteiger partial charge in [0.15, 0.2) is 0 Å². The molecule has 2 rings (SSSR count). The summed E-state index contributed by atoms with van der Waals surface area (Å²) in [6.07, 6.45) is 1.94. The van der Waals surface area contributed by atoms with Gasteiger partial charge in [-0.05, 0) is 44.0 Å². The molecule has 1 aromatic rings. The number of hydrogen-bond acceptors (Lipinski definition) is 3. The van der Waals surface area contributed by atoms with Crippen LogP contribution in [0.15, 0.2) is 18.2 Å². The minimum atomic E-state index is -3.35. The van der Waals surface area contributed by atoms with Crippen LogP contribution in [0.25, 0.3) is 0 Å². The second-order valence-electron chi connectivity index (χ2n) is 4.66. The Morgan fingerprint density at radius 2 is 2.28 bits per heavy atom. The summed E-state index contributed by atoms with van der Waals surface area (Å²) >= 11 is 5.98. The summed E-state index contributed by atoms with van der Waals surface area (Å²) in [4.78, 5) is 0. The van der Waals surface area contributed by atoms with Gasteiger partial charge in [0.1, 0.15) is 0 Å². The standard InChI is InChI=1S/C12H17ClN2O2S/c1-9-4-5-11(13)12(7-9)15-18(16,17)8-10-3-2-6-14-10/h4-5,7,10,14-15H,2-3,6,8H2,1H3. The summed E-state index contributed by atoms with van der Waals surface area (Å²) in [5, 5.41) is 3.59. The molecule has 0 aromatic heterocycles. The lowest BCUT2D eigenvalue weighted by Crippen LogP contribution is -2.32. The van der Waals surface area contributed by atoms with Crippen molar-refractivity contribution in [3.8, 4) is 0 Å². The molecule has 1 aliphatic rings. The van der Waals surface area contributed by atoms with Gasteiger partial charge in [-0.25, -0.2) is 8.42 Å². The largest absolute Gasteiger partial charge is 0.313 e. The summed E-state index contributed by atoms with van der Waals surface area (Å²) in [6.45, 7) is 2.79. The molecule has 1 saturated heterocycles. The molecule has 0 spiro atoms. The third-order valence-electron chi connectivity index (χ3n) is 2.97. The number of rotatable bonds is 4. The first-order chi connectivity index (χ1) is 8.46. The fourth-order valence-corrected chi connectivity index (χ4v) is 3.71. The Kier molecular flexibility index (Phi) is 4.14. The first kappa shape index (κ1) is 13.6. The molecule has 18 heavy (non-hydrogen) atoms. The van der Waals surface area contributed by atoms with E-state index in [1.165, 1.54) is 0 Å². The maximum Gasteiger partial charge on any atom is 0.234 e. The first-order valence-electron chi connectivity index (χ1n) is 5.96. The normalized spacial score (nSPS) is 20.0. The van der Waals surface area contributed by atoms with Gasteiger partial charge in [-0.2, -0.15) is 0 Å². The van der Waals surface area contributed by atoms with Gasteiger partial charge in [-0.1, -0.05) is 17.7 Å². The highest BCUT2D eigenvalue weighted by atomic mass is 35.5. The van der Waals surface area contributed by atoms with Gasteiger partial charge < -0.3 is 5.32 Å². The Labute approximate surface area is 113 Å². The third kappa shape index (κ3) is 3.60. The topological polar surface area (TPSA) is 58.2 Å². The van der Waals surface area contributed by atoms with E-state index in [1.54, 1.807) is 12.1 Å². The van der Waals surface area contributed by atoms with Crippen LogP contribution >= 0.6 is 11.6 Å². The van der Waals surface area contributed by atoms with Crippen molar-refractivity contribution in [1.29, 1.82) is 0 Å². The van der Waals surface area contributed by atoms with E-state index < -0.39 is 10.0 Å². The fraction of sp³-hybridized carbons (Fsp3) is 0.500. The van der Waals surface area contributed by atoms with Crippen LogP contribution in [0.3, 0.4) is 0 Å². The second kappa shape index (κ2) is 5.47. The van der Waals surface area contributed by atoms with Crippen LogP contribution in [0.1, 0.15) is 18.4 Å². The van der Waals surface area contributed by atoms with Crippen LogP contribution in [0, 0.1) is 6.92 Å². The number of aryl methyl sites for hydroxylation is 1. The van der Waals surface area contributed by atoms with E-state index in [4.69, 9.17) is 11.6 Å². The Hall–Kier alpha value is -0.780. The zero-order chi connectivity index (χ0) is 13.2. The Morgan fingerprint density at radius 1 is 1.50 bits per heavy atom. The molecule has 0 saturated carbocycles. The summed E-state index contributed by atoms with van der Waals surface area (Å²) in [7, 11) is -3.35. The monoisotopic (exact) mass is 288 g/mol. The van der Waals surface area contributed by atoms with Crippen LogP contribution < -0.4 is 10.0 Å². The van der Waals surface area contributed by atoms with Gasteiger partial charge in [-0.3, -0.25) is 4.72 Å². The Balaban J connectivity index is 2.09. The molecular weight excluding hydrogens is 272 g/mol. The molecule has 0 bridgehead atoms. The molecule has 1 fully saturated rings. The van der Waals surface area contributed by atoms with Crippen molar-refractivity contribution in [3.63, 3.8) is 0 Å². The minimum absolute atomic E-state index is 0.0473. The predicted molar refractivity (Wildman–Crippen MR) is 74.6 cm³/mol. The SMILES string of the molecule is Cc1ccc(Cl)c(NS(=O)(=O)CC2CCCN2)c1. The summed E-state index contributed by atoms with van der Waals surface area (Å²) in [5.41, 5.74) is 1.42. The maximum absolute atomic E-state index is 12.0. The maximum atomic E-state index is 12.0. The third-order valence-corrected chi connectivity index (χ3v) is 4.67. The van der Waals surface area contributed by atoms with Crippen LogP contribution in [0.5, 0.6) is 0 Å². The lowest BCUT2D eigenvalue weighted by Gasteiger charge is -2.13. The van der Waals surface area contributed by atoms with Crippen molar-refractivity contribution in [3.05, 3.63) is 28.8 Å². The number of hydrogen-bond donors (Lipinski definition) is 2. The quantitative estimate of drug-likeness (QED) is 0.892. The van der Waals surface area contributed by atoms with Crippen molar-refractivity contribution in [2.24, 2.45) is 0 Å². The summed E-state index contributed by atoms with van der Waals surface area (Å²) in [6, 6.07) is 5.33. The highest BCUT2D eigenvalue weighted by Crippen LogP contribution is 2.24. The van der Waals surface area contributed by atoms with E-state index in [0.717, 1.165) is 24.9 Å². The molecule has 1 heterocycles. The van der Waals surface area contributed by atoms with Crippen molar-refractivity contribution in [2.75, 3.05) is 17.0 Å². The molecule has 1 aromatic carbocycles. The van der Waals surface area contributed by atoms with Crippen LogP contribution in [0.4, 0.5) is 5.69 Å². The highest BCUT2D eigenvalue weighted by molar-refractivity contribution is 7.92. The molecular formula is C12H17ClN2O2S. The van der Waals surface area contributed by atoms with Gasteiger partial charge in [-0.15, -0.1) is 0 Å². The van der Waals surface area contributed by atoms with Crippen molar-refractivity contribution < 1.29 is 8.42 Å². The Morgan fingerprint density at radius 3 is 2.94 bits per heavy atom. The average Bonchev–Trinajstić information content (AvgIpc) is 2.75. The molecule has 1 unspecified atom stereocenters. The first-order valence-corrected chi connectivity index (χ1v) is 7.99.